The summed E-state index contributed by atoms with van der Waals surface area (Å²) in [6, 6.07) is 16.1. The molecule has 28 heavy (non-hydrogen) atoms. The second kappa shape index (κ2) is 7.28. The highest BCUT2D eigenvalue weighted by molar-refractivity contribution is 5.94. The topological polar surface area (TPSA) is 60.2 Å². The second-order valence-electron chi connectivity index (χ2n) is 6.93. The molecule has 0 unspecified atom stereocenters. The number of nitriles is 1. The maximum absolute atomic E-state index is 13.9. The SMILES string of the molecule is Cc1ccc2nc(N3CCN(C(=O)c4ccccc4F)CC3)c(C#N)cc2c1. The Morgan fingerprint density at radius 2 is 1.86 bits per heavy atom. The van der Waals surface area contributed by atoms with Crippen molar-refractivity contribution >= 4 is 22.6 Å². The van der Waals surface area contributed by atoms with Gasteiger partial charge in [-0.25, -0.2) is 9.37 Å². The Kier molecular flexibility index (Phi) is 4.66. The van der Waals surface area contributed by atoms with Crippen LogP contribution in [0.25, 0.3) is 10.9 Å². The molecule has 4 rings (SSSR count). The molecular formula is C22H19FN4O. The van der Waals surface area contributed by atoms with E-state index in [1.807, 2.05) is 36.1 Å². The molecule has 1 aromatic heterocycles. The predicted octanol–water partition coefficient (Wildman–Crippen LogP) is 3.52. The van der Waals surface area contributed by atoms with Crippen LogP contribution in [-0.4, -0.2) is 42.0 Å². The zero-order chi connectivity index (χ0) is 19.7. The van der Waals surface area contributed by atoms with Crippen LogP contribution >= 0.6 is 0 Å². The molecule has 0 atom stereocenters. The van der Waals surface area contributed by atoms with Gasteiger partial charge in [0, 0.05) is 31.6 Å². The zero-order valence-corrected chi connectivity index (χ0v) is 15.5. The minimum Gasteiger partial charge on any atom is -0.352 e. The Morgan fingerprint density at radius 3 is 2.57 bits per heavy atom. The number of aryl methyl sites for hydroxylation is 1. The fourth-order valence-electron chi connectivity index (χ4n) is 3.54. The predicted molar refractivity (Wildman–Crippen MR) is 106 cm³/mol. The standard InChI is InChI=1S/C22H19FN4O/c1-15-6-7-20-16(12-15)13-17(14-24)21(25-20)26-8-10-27(11-9-26)22(28)18-4-2-3-5-19(18)23/h2-7,12-13H,8-11H2,1H3. The third-order valence-corrected chi connectivity index (χ3v) is 5.04. The molecule has 0 saturated carbocycles. The maximum Gasteiger partial charge on any atom is 0.256 e. The molecule has 2 heterocycles. The first-order chi connectivity index (χ1) is 13.6. The third kappa shape index (κ3) is 3.27. The summed E-state index contributed by atoms with van der Waals surface area (Å²) >= 11 is 0. The summed E-state index contributed by atoms with van der Waals surface area (Å²) in [5.41, 5.74) is 2.57. The normalized spacial score (nSPS) is 14.2. The summed E-state index contributed by atoms with van der Waals surface area (Å²) in [5, 5.41) is 10.5. The van der Waals surface area contributed by atoms with Crippen LogP contribution in [0.2, 0.25) is 0 Å². The summed E-state index contributed by atoms with van der Waals surface area (Å²) in [4.78, 5) is 20.9. The Hall–Kier alpha value is -3.46. The highest BCUT2D eigenvalue weighted by Crippen LogP contribution is 2.25. The number of hydrogen-bond donors (Lipinski definition) is 0. The summed E-state index contributed by atoms with van der Waals surface area (Å²) in [6.07, 6.45) is 0. The van der Waals surface area contributed by atoms with Crippen molar-refractivity contribution in [1.29, 1.82) is 5.26 Å². The van der Waals surface area contributed by atoms with Crippen molar-refractivity contribution in [2.75, 3.05) is 31.1 Å². The van der Waals surface area contributed by atoms with Crippen molar-refractivity contribution in [1.82, 2.24) is 9.88 Å². The fraction of sp³-hybridized carbons (Fsp3) is 0.227. The van der Waals surface area contributed by atoms with Crippen LogP contribution < -0.4 is 4.90 Å². The molecule has 3 aromatic rings. The molecule has 1 amide bonds. The van der Waals surface area contributed by atoms with Crippen LogP contribution in [0.3, 0.4) is 0 Å². The number of piperazine rings is 1. The number of benzene rings is 2. The lowest BCUT2D eigenvalue weighted by atomic mass is 10.1. The van der Waals surface area contributed by atoms with Crippen molar-refractivity contribution in [3.8, 4) is 6.07 Å². The van der Waals surface area contributed by atoms with Gasteiger partial charge in [0.15, 0.2) is 0 Å². The largest absolute Gasteiger partial charge is 0.352 e. The van der Waals surface area contributed by atoms with E-state index in [-0.39, 0.29) is 11.5 Å². The Labute approximate surface area is 162 Å². The van der Waals surface area contributed by atoms with Crippen LogP contribution in [0.4, 0.5) is 10.2 Å². The molecule has 0 aliphatic carbocycles. The molecular weight excluding hydrogens is 355 g/mol. The summed E-state index contributed by atoms with van der Waals surface area (Å²) < 4.78 is 13.9. The van der Waals surface area contributed by atoms with E-state index in [9.17, 15) is 14.4 Å². The lowest BCUT2D eigenvalue weighted by Gasteiger charge is -2.36. The highest BCUT2D eigenvalue weighted by atomic mass is 19.1. The van der Waals surface area contributed by atoms with Gasteiger partial charge in [0.2, 0.25) is 0 Å². The molecule has 2 aromatic carbocycles. The summed E-state index contributed by atoms with van der Waals surface area (Å²) in [7, 11) is 0. The van der Waals surface area contributed by atoms with Crippen molar-refractivity contribution in [2.24, 2.45) is 0 Å². The van der Waals surface area contributed by atoms with E-state index < -0.39 is 5.82 Å². The van der Waals surface area contributed by atoms with Crippen molar-refractivity contribution in [2.45, 2.75) is 6.92 Å². The molecule has 0 N–H and O–H groups in total. The van der Waals surface area contributed by atoms with Crippen molar-refractivity contribution in [3.63, 3.8) is 0 Å². The van der Waals surface area contributed by atoms with Gasteiger partial charge in [-0.15, -0.1) is 0 Å². The highest BCUT2D eigenvalue weighted by Gasteiger charge is 2.25. The Balaban J connectivity index is 1.55. The number of carbonyl (C=O) groups is 1. The lowest BCUT2D eigenvalue weighted by molar-refractivity contribution is 0.0742. The van der Waals surface area contributed by atoms with E-state index >= 15 is 0 Å². The number of rotatable bonds is 2. The molecule has 1 fully saturated rings. The van der Waals surface area contributed by atoms with Crippen LogP contribution in [-0.2, 0) is 0 Å². The van der Waals surface area contributed by atoms with Gasteiger partial charge in [-0.1, -0.05) is 23.8 Å². The van der Waals surface area contributed by atoms with Gasteiger partial charge in [-0.05, 0) is 37.3 Å². The monoisotopic (exact) mass is 374 g/mol. The number of amides is 1. The molecule has 5 nitrogen and oxygen atoms in total. The summed E-state index contributed by atoms with van der Waals surface area (Å²) in [5.74, 6) is -0.176. The lowest BCUT2D eigenvalue weighted by Crippen LogP contribution is -2.49. The van der Waals surface area contributed by atoms with Gasteiger partial charge >= 0.3 is 0 Å². The van der Waals surface area contributed by atoms with E-state index in [2.05, 4.69) is 6.07 Å². The Morgan fingerprint density at radius 1 is 1.11 bits per heavy atom. The first-order valence-electron chi connectivity index (χ1n) is 9.17. The second-order valence-corrected chi connectivity index (χ2v) is 6.93. The zero-order valence-electron chi connectivity index (χ0n) is 15.5. The molecule has 1 aliphatic rings. The smallest absolute Gasteiger partial charge is 0.256 e. The molecule has 6 heteroatoms. The average molecular weight is 374 g/mol. The number of halogens is 1. The van der Waals surface area contributed by atoms with Crippen molar-refractivity contribution < 1.29 is 9.18 Å². The van der Waals surface area contributed by atoms with Gasteiger partial charge in [0.25, 0.3) is 5.91 Å². The van der Waals surface area contributed by atoms with E-state index in [0.717, 1.165) is 16.5 Å². The van der Waals surface area contributed by atoms with E-state index in [1.54, 1.807) is 17.0 Å². The van der Waals surface area contributed by atoms with E-state index in [1.165, 1.54) is 12.1 Å². The molecule has 1 aliphatic heterocycles. The first kappa shape index (κ1) is 17.9. The number of anilines is 1. The fourth-order valence-corrected chi connectivity index (χ4v) is 3.54. The number of nitrogens with zero attached hydrogens (tertiary/aromatic N) is 4. The first-order valence-corrected chi connectivity index (χ1v) is 9.17. The minimum absolute atomic E-state index is 0.0906. The molecule has 0 radical (unpaired) electrons. The molecule has 140 valence electrons. The molecule has 1 saturated heterocycles. The Bertz CT molecular complexity index is 1100. The quantitative estimate of drug-likeness (QED) is 0.689. The van der Waals surface area contributed by atoms with Gasteiger partial charge in [0.05, 0.1) is 16.6 Å². The molecule has 0 bridgehead atoms. The number of aromatic nitrogens is 1. The molecule has 0 spiro atoms. The van der Waals surface area contributed by atoms with E-state index in [0.29, 0.717) is 37.6 Å². The number of hydrogen-bond acceptors (Lipinski definition) is 4. The van der Waals surface area contributed by atoms with Crippen LogP contribution in [0.5, 0.6) is 0 Å². The minimum atomic E-state index is -0.506. The van der Waals surface area contributed by atoms with Crippen LogP contribution in [0.1, 0.15) is 21.5 Å². The van der Waals surface area contributed by atoms with Gasteiger partial charge in [-0.3, -0.25) is 4.79 Å². The van der Waals surface area contributed by atoms with Crippen LogP contribution in [0, 0.1) is 24.1 Å². The maximum atomic E-state index is 13.9. The number of carbonyl (C=O) groups excluding carboxylic acids is 1. The number of pyridine rings is 1. The van der Waals surface area contributed by atoms with Gasteiger partial charge < -0.3 is 9.80 Å². The van der Waals surface area contributed by atoms with Gasteiger partial charge in [0.1, 0.15) is 17.7 Å². The number of fused-ring (bicyclic) bond motifs is 1. The third-order valence-electron chi connectivity index (χ3n) is 5.04. The van der Waals surface area contributed by atoms with Gasteiger partial charge in [-0.2, -0.15) is 5.26 Å². The van der Waals surface area contributed by atoms with Crippen molar-refractivity contribution in [3.05, 3.63) is 71.0 Å². The van der Waals surface area contributed by atoms with E-state index in [4.69, 9.17) is 4.98 Å². The summed E-state index contributed by atoms with van der Waals surface area (Å²) in [6.45, 7) is 3.99. The average Bonchev–Trinajstić information content (AvgIpc) is 2.72. The van der Waals surface area contributed by atoms with Crippen LogP contribution in [0.15, 0.2) is 48.5 Å².